The van der Waals surface area contributed by atoms with Gasteiger partial charge >= 0.3 is 0 Å². The van der Waals surface area contributed by atoms with E-state index in [0.29, 0.717) is 25.0 Å². The molecule has 1 saturated heterocycles. The number of nitrogens with zero attached hydrogens (tertiary/aromatic N) is 3. The first-order chi connectivity index (χ1) is 9.81. The molecule has 3 heterocycles. The Kier molecular flexibility index (Phi) is 3.19. The molecule has 0 radical (unpaired) electrons. The van der Waals surface area contributed by atoms with Gasteiger partial charge in [0.05, 0.1) is 5.60 Å². The van der Waals surface area contributed by atoms with Crippen LogP contribution in [0, 0.1) is 0 Å². The number of fused-ring (bicyclic) bond motifs is 1. The molecule has 0 saturated carbocycles. The van der Waals surface area contributed by atoms with Crippen molar-refractivity contribution in [2.24, 2.45) is 0 Å². The van der Waals surface area contributed by atoms with E-state index in [4.69, 9.17) is 5.73 Å². The summed E-state index contributed by atoms with van der Waals surface area (Å²) >= 11 is 0. The van der Waals surface area contributed by atoms with E-state index in [-0.39, 0.29) is 17.4 Å². The molecule has 3 N–H and O–H groups in total. The number of anilines is 1. The molecule has 114 valence electrons. The van der Waals surface area contributed by atoms with Crippen LogP contribution < -0.4 is 5.73 Å². The lowest BCUT2D eigenvalue weighted by molar-refractivity contribution is 0.00933. The highest BCUT2D eigenvalue weighted by Crippen LogP contribution is 2.29. The summed E-state index contributed by atoms with van der Waals surface area (Å²) in [6, 6.07) is 5.19. The van der Waals surface area contributed by atoms with E-state index in [1.165, 1.54) is 8.71 Å². The highest BCUT2D eigenvalue weighted by Gasteiger charge is 2.38. The maximum Gasteiger partial charge on any atom is 0.262 e. The molecule has 21 heavy (non-hydrogen) atoms. The number of nitrogen functional groups attached to an aromatic ring is 1. The molecule has 2 aromatic heterocycles. The van der Waals surface area contributed by atoms with Gasteiger partial charge in [-0.2, -0.15) is 4.31 Å². The maximum absolute atomic E-state index is 12.8. The van der Waals surface area contributed by atoms with Crippen LogP contribution in [-0.4, -0.2) is 45.9 Å². The smallest absolute Gasteiger partial charge is 0.262 e. The Morgan fingerprint density at radius 3 is 2.90 bits per heavy atom. The number of imidazole rings is 1. The molecule has 2 aromatic rings. The molecule has 1 aliphatic heterocycles. The van der Waals surface area contributed by atoms with Crippen LogP contribution in [0.1, 0.15) is 19.8 Å². The van der Waals surface area contributed by atoms with Gasteiger partial charge in [0.1, 0.15) is 5.65 Å². The van der Waals surface area contributed by atoms with E-state index in [1.54, 1.807) is 31.3 Å². The topological polar surface area (TPSA) is 101 Å². The van der Waals surface area contributed by atoms with E-state index in [2.05, 4.69) is 4.98 Å². The number of pyridine rings is 1. The third-order valence-corrected chi connectivity index (χ3v) is 5.62. The summed E-state index contributed by atoms with van der Waals surface area (Å²) in [5.74, 6) is -0.0218. The normalized spacial score (nSPS) is 24.5. The van der Waals surface area contributed by atoms with Crippen LogP contribution in [0.25, 0.3) is 5.65 Å². The first-order valence-corrected chi connectivity index (χ1v) is 8.20. The minimum Gasteiger partial charge on any atom is -0.389 e. The molecule has 0 aliphatic carbocycles. The van der Waals surface area contributed by atoms with Gasteiger partial charge in [0, 0.05) is 19.3 Å². The molecule has 1 unspecified atom stereocenters. The quantitative estimate of drug-likeness (QED) is 0.839. The fraction of sp³-hybridized carbons (Fsp3) is 0.462. The van der Waals surface area contributed by atoms with E-state index < -0.39 is 15.6 Å². The van der Waals surface area contributed by atoms with Crippen molar-refractivity contribution < 1.29 is 13.5 Å². The van der Waals surface area contributed by atoms with Gasteiger partial charge in [-0.25, -0.2) is 13.4 Å². The van der Waals surface area contributed by atoms with Crippen LogP contribution in [0.2, 0.25) is 0 Å². The zero-order valence-electron chi connectivity index (χ0n) is 11.7. The number of piperidine rings is 1. The third-order valence-electron chi connectivity index (χ3n) is 3.74. The van der Waals surface area contributed by atoms with Crippen LogP contribution in [0.15, 0.2) is 29.4 Å². The second kappa shape index (κ2) is 4.69. The largest absolute Gasteiger partial charge is 0.389 e. The van der Waals surface area contributed by atoms with Crippen molar-refractivity contribution >= 4 is 21.5 Å². The Hall–Kier alpha value is -1.64. The molecule has 8 heteroatoms. The Labute approximate surface area is 123 Å². The van der Waals surface area contributed by atoms with Crippen LogP contribution in [0.3, 0.4) is 0 Å². The summed E-state index contributed by atoms with van der Waals surface area (Å²) < 4.78 is 28.4. The summed E-state index contributed by atoms with van der Waals surface area (Å²) in [6.45, 7) is 2.08. The number of sulfonamides is 1. The lowest BCUT2D eigenvalue weighted by Gasteiger charge is -2.35. The molecule has 0 bridgehead atoms. The Morgan fingerprint density at radius 1 is 1.43 bits per heavy atom. The Morgan fingerprint density at radius 2 is 2.19 bits per heavy atom. The number of β-amino-alcohol motifs (C(OH)–C–C–N with tert-alkyl or cyclic N) is 1. The van der Waals surface area contributed by atoms with Crippen molar-refractivity contribution in [1.82, 2.24) is 13.7 Å². The van der Waals surface area contributed by atoms with Gasteiger partial charge in [0.25, 0.3) is 10.0 Å². The van der Waals surface area contributed by atoms with Gasteiger partial charge < -0.3 is 10.8 Å². The lowest BCUT2D eigenvalue weighted by atomic mass is 9.97. The van der Waals surface area contributed by atoms with Crippen LogP contribution in [0.5, 0.6) is 0 Å². The molecule has 1 atom stereocenters. The van der Waals surface area contributed by atoms with Crippen molar-refractivity contribution in [2.45, 2.75) is 30.4 Å². The predicted octanol–water partition coefficient (Wildman–Crippen LogP) is 0.452. The van der Waals surface area contributed by atoms with Crippen molar-refractivity contribution in [2.75, 3.05) is 18.8 Å². The van der Waals surface area contributed by atoms with Crippen molar-refractivity contribution in [1.29, 1.82) is 0 Å². The van der Waals surface area contributed by atoms with Crippen LogP contribution >= 0.6 is 0 Å². The van der Waals surface area contributed by atoms with E-state index in [9.17, 15) is 13.5 Å². The average molecular weight is 310 g/mol. The fourth-order valence-corrected chi connectivity index (χ4v) is 4.52. The number of nitrogens with two attached hydrogens (primary N) is 1. The second-order valence-electron chi connectivity index (χ2n) is 5.67. The van der Waals surface area contributed by atoms with Crippen LogP contribution in [-0.2, 0) is 10.0 Å². The number of hydrogen-bond acceptors (Lipinski definition) is 5. The Balaban J connectivity index is 2.10. The number of aliphatic hydroxyl groups is 1. The molecule has 0 amide bonds. The highest BCUT2D eigenvalue weighted by molar-refractivity contribution is 7.89. The summed E-state index contributed by atoms with van der Waals surface area (Å²) in [7, 11) is -3.80. The van der Waals surface area contributed by atoms with Gasteiger partial charge in [0.15, 0.2) is 10.8 Å². The molecular formula is C13H18N4O3S. The summed E-state index contributed by atoms with van der Waals surface area (Å²) in [6.07, 6.45) is 2.82. The predicted molar refractivity (Wildman–Crippen MR) is 78.2 cm³/mol. The number of aromatic nitrogens is 2. The zero-order valence-corrected chi connectivity index (χ0v) is 12.5. The molecule has 0 aromatic carbocycles. The second-order valence-corrected chi connectivity index (χ2v) is 7.52. The fourth-order valence-electron chi connectivity index (χ4n) is 2.75. The third kappa shape index (κ3) is 2.39. The highest BCUT2D eigenvalue weighted by atomic mass is 32.2. The molecule has 1 fully saturated rings. The summed E-state index contributed by atoms with van der Waals surface area (Å²) in [4.78, 5) is 4.08. The standard InChI is InChI=1S/C13H18N4O3S/c1-13(18)6-4-7-16(9-13)21(19,20)12-11(14)15-10-5-2-3-8-17(10)12/h2-3,5,8,18H,4,6-7,9,14H2,1H3. The molecule has 1 aliphatic rings. The Bertz CT molecular complexity index is 782. The first kappa shape index (κ1) is 14.3. The summed E-state index contributed by atoms with van der Waals surface area (Å²) in [5, 5.41) is 10.1. The molecule has 0 spiro atoms. The van der Waals surface area contributed by atoms with Gasteiger partial charge in [-0.1, -0.05) is 6.07 Å². The number of hydrogen-bond donors (Lipinski definition) is 2. The van der Waals surface area contributed by atoms with Gasteiger partial charge in [-0.3, -0.25) is 4.40 Å². The zero-order chi connectivity index (χ0) is 15.3. The minimum atomic E-state index is -3.80. The molecule has 7 nitrogen and oxygen atoms in total. The van der Waals surface area contributed by atoms with E-state index in [1.807, 2.05) is 0 Å². The van der Waals surface area contributed by atoms with Crippen LogP contribution in [0.4, 0.5) is 5.82 Å². The average Bonchev–Trinajstić information content (AvgIpc) is 2.73. The van der Waals surface area contributed by atoms with Crippen molar-refractivity contribution in [3.63, 3.8) is 0 Å². The monoisotopic (exact) mass is 310 g/mol. The number of rotatable bonds is 2. The minimum absolute atomic E-state index is 0.0218. The van der Waals surface area contributed by atoms with E-state index in [0.717, 1.165) is 0 Å². The van der Waals surface area contributed by atoms with Gasteiger partial charge in [0.2, 0.25) is 0 Å². The van der Waals surface area contributed by atoms with Crippen molar-refractivity contribution in [3.8, 4) is 0 Å². The maximum atomic E-state index is 12.8. The lowest BCUT2D eigenvalue weighted by Crippen LogP contribution is -2.48. The van der Waals surface area contributed by atoms with Gasteiger partial charge in [-0.05, 0) is 31.9 Å². The van der Waals surface area contributed by atoms with Gasteiger partial charge in [-0.15, -0.1) is 0 Å². The SMILES string of the molecule is CC1(O)CCCN(S(=O)(=O)c2c(N)nc3ccccn23)C1. The van der Waals surface area contributed by atoms with Crippen molar-refractivity contribution in [3.05, 3.63) is 24.4 Å². The molecular weight excluding hydrogens is 292 g/mol. The van der Waals surface area contributed by atoms with E-state index >= 15 is 0 Å². The summed E-state index contributed by atoms with van der Waals surface area (Å²) in [5.41, 5.74) is 5.28. The first-order valence-electron chi connectivity index (χ1n) is 6.76. The molecule has 3 rings (SSSR count).